The Hall–Kier alpha value is -7.44. The van der Waals surface area contributed by atoms with E-state index in [1.807, 2.05) is 6.20 Å². The molecule has 0 atom stereocenters. The van der Waals surface area contributed by atoms with Gasteiger partial charge in [-0.3, -0.25) is 8.97 Å². The Balaban J connectivity index is 1.07. The second-order valence-corrected chi connectivity index (χ2v) is 18.8. The van der Waals surface area contributed by atoms with Crippen LogP contribution in [-0.4, -0.2) is 23.5 Å². The van der Waals surface area contributed by atoms with Gasteiger partial charge in [-0.05, 0) is 118 Å². The highest BCUT2D eigenvalue weighted by Gasteiger charge is 2.23. The molecule has 300 valence electrons. The van der Waals surface area contributed by atoms with Crippen LogP contribution in [0.3, 0.4) is 0 Å². The number of rotatable bonds is 4. The van der Waals surface area contributed by atoms with Crippen molar-refractivity contribution in [3.63, 3.8) is 0 Å². The molecule has 62 heavy (non-hydrogen) atoms. The lowest BCUT2D eigenvalue weighted by Gasteiger charge is -2.20. The molecule has 0 bridgehead atoms. The number of fused-ring (bicyclic) bond motifs is 15. The molecule has 0 radical (unpaired) electrons. The van der Waals surface area contributed by atoms with Gasteiger partial charge in [0.15, 0.2) is 0 Å². The quantitative estimate of drug-likeness (QED) is 0.167. The number of benzene rings is 7. The van der Waals surface area contributed by atoms with E-state index in [1.165, 1.54) is 32.8 Å². The van der Waals surface area contributed by atoms with Crippen LogP contribution in [0.25, 0.3) is 93.5 Å². The van der Waals surface area contributed by atoms with E-state index in [9.17, 15) is 0 Å². The van der Waals surface area contributed by atoms with Crippen molar-refractivity contribution < 1.29 is 4.74 Å². The molecule has 0 saturated carbocycles. The predicted molar refractivity (Wildman–Crippen MR) is 258 cm³/mol. The maximum atomic E-state index is 6.88. The van der Waals surface area contributed by atoms with Gasteiger partial charge in [0.25, 0.3) is 0 Å². The summed E-state index contributed by atoms with van der Waals surface area (Å²) in [6.45, 7) is 13.5. The number of nitrogens with zero attached hydrogens (tertiary/aromatic N) is 5. The smallest absolute Gasteiger partial charge is 0.146 e. The van der Waals surface area contributed by atoms with Crippen LogP contribution in [0.4, 0.5) is 0 Å². The van der Waals surface area contributed by atoms with E-state index in [4.69, 9.17) is 14.7 Å². The van der Waals surface area contributed by atoms with Gasteiger partial charge in [-0.2, -0.15) is 0 Å². The van der Waals surface area contributed by atoms with Crippen LogP contribution < -0.4 is 4.74 Å². The van der Waals surface area contributed by atoms with Crippen molar-refractivity contribution in [3.05, 3.63) is 175 Å². The highest BCUT2D eigenvalue weighted by molar-refractivity contribution is 6.27. The summed E-state index contributed by atoms with van der Waals surface area (Å²) in [5.74, 6) is 2.40. The minimum absolute atomic E-state index is 0.0106. The van der Waals surface area contributed by atoms with E-state index in [0.29, 0.717) is 0 Å². The van der Waals surface area contributed by atoms with Crippen LogP contribution in [0.5, 0.6) is 11.5 Å². The predicted octanol–water partition coefficient (Wildman–Crippen LogP) is 14.8. The molecule has 0 fully saturated rings. The molecule has 5 heterocycles. The first-order valence-corrected chi connectivity index (χ1v) is 21.5. The lowest BCUT2D eigenvalue weighted by Crippen LogP contribution is -2.12. The molecule has 0 aliphatic rings. The van der Waals surface area contributed by atoms with Gasteiger partial charge in [-0.25, -0.2) is 9.97 Å². The maximum absolute atomic E-state index is 6.88. The summed E-state index contributed by atoms with van der Waals surface area (Å²) >= 11 is 0. The van der Waals surface area contributed by atoms with Crippen molar-refractivity contribution in [2.75, 3.05) is 0 Å². The number of para-hydroxylation sites is 4. The van der Waals surface area contributed by atoms with Gasteiger partial charge in [0.05, 0.1) is 38.6 Å². The van der Waals surface area contributed by atoms with Crippen LogP contribution >= 0.6 is 0 Å². The number of imidazole rings is 1. The Bertz CT molecular complexity index is 3800. The van der Waals surface area contributed by atoms with Gasteiger partial charge in [-0.1, -0.05) is 102 Å². The SMILES string of the molecule is CC(C)(C)c1ccnc(-n2c3ccc(C(C)(C)C)cc3c3ccc(Oc4ccc5c(c4)c4nc6ccccc6n4c4c5ccc5c4c4ccccc4n5-c4ccccc4)cc32)c1. The average molecular weight is 804 g/mol. The van der Waals surface area contributed by atoms with Crippen LogP contribution in [0.15, 0.2) is 164 Å². The first-order valence-electron chi connectivity index (χ1n) is 21.5. The topological polar surface area (TPSA) is 49.3 Å². The summed E-state index contributed by atoms with van der Waals surface area (Å²) in [7, 11) is 0. The molecule has 0 aliphatic carbocycles. The van der Waals surface area contributed by atoms with Gasteiger partial charge in [0.2, 0.25) is 0 Å². The van der Waals surface area contributed by atoms with Crippen molar-refractivity contribution in [2.45, 2.75) is 52.4 Å². The van der Waals surface area contributed by atoms with E-state index in [-0.39, 0.29) is 10.8 Å². The van der Waals surface area contributed by atoms with Gasteiger partial charge < -0.3 is 9.30 Å². The van der Waals surface area contributed by atoms with Crippen molar-refractivity contribution >= 4 is 82.0 Å². The summed E-state index contributed by atoms with van der Waals surface area (Å²) in [6, 6.07) is 56.6. The monoisotopic (exact) mass is 803 g/mol. The van der Waals surface area contributed by atoms with Crippen LogP contribution in [0.2, 0.25) is 0 Å². The zero-order valence-corrected chi connectivity index (χ0v) is 35.7. The first-order chi connectivity index (χ1) is 30.0. The van der Waals surface area contributed by atoms with Crippen LogP contribution in [-0.2, 0) is 10.8 Å². The van der Waals surface area contributed by atoms with Crippen LogP contribution in [0, 0.1) is 0 Å². The van der Waals surface area contributed by atoms with Crippen LogP contribution in [0.1, 0.15) is 52.7 Å². The summed E-state index contributed by atoms with van der Waals surface area (Å²) in [5, 5.41) is 8.10. The molecule has 12 aromatic rings. The Morgan fingerprint density at radius 1 is 0.452 bits per heavy atom. The highest BCUT2D eigenvalue weighted by Crippen LogP contribution is 2.43. The van der Waals surface area contributed by atoms with Crippen molar-refractivity contribution in [1.82, 2.24) is 23.5 Å². The summed E-state index contributed by atoms with van der Waals surface area (Å²) < 4.78 is 13.9. The Morgan fingerprint density at radius 3 is 1.92 bits per heavy atom. The Labute approximate surface area is 359 Å². The van der Waals surface area contributed by atoms with Gasteiger partial charge in [-0.15, -0.1) is 0 Å². The molecule has 0 aliphatic heterocycles. The minimum atomic E-state index is -0.0231. The van der Waals surface area contributed by atoms with Gasteiger partial charge in [0, 0.05) is 50.3 Å². The standard InChI is InChI=1S/C56H45N5O/c1-55(2,3)34-20-26-47-43(30-34)40-24-22-38(33-50(40)60(47)51-31-35(28-29-57-51)56(4,5)6)62-37-21-23-39-41-25-27-49-52(42-16-10-12-18-46(42)59(49)36-14-8-7-9-15-36)53(41)61-48-19-13-11-17-45(48)58-54(61)44(39)32-37/h7-33H,1-6H3. The fraction of sp³-hybridized carbons (Fsp3) is 0.143. The summed E-state index contributed by atoms with van der Waals surface area (Å²) in [5.41, 5.74) is 12.2. The Kier molecular flexibility index (Phi) is 7.65. The van der Waals surface area contributed by atoms with E-state index in [1.54, 1.807) is 0 Å². The molecule has 6 nitrogen and oxygen atoms in total. The first kappa shape index (κ1) is 36.4. The largest absolute Gasteiger partial charge is 0.457 e. The van der Waals surface area contributed by atoms with E-state index < -0.39 is 0 Å². The zero-order valence-electron chi connectivity index (χ0n) is 35.7. The molecular formula is C56H45N5O. The fourth-order valence-electron chi connectivity index (χ4n) is 9.71. The summed E-state index contributed by atoms with van der Waals surface area (Å²) in [6.07, 6.45) is 1.93. The Morgan fingerprint density at radius 2 is 1.11 bits per heavy atom. The molecule has 12 rings (SSSR count). The van der Waals surface area contributed by atoms with Crippen molar-refractivity contribution in [3.8, 4) is 23.0 Å². The fourth-order valence-corrected chi connectivity index (χ4v) is 9.71. The molecular weight excluding hydrogens is 759 g/mol. The number of aromatic nitrogens is 5. The van der Waals surface area contributed by atoms with Crippen molar-refractivity contribution in [1.29, 1.82) is 0 Å². The molecule has 6 heteroatoms. The molecule has 0 saturated heterocycles. The van der Waals surface area contributed by atoms with E-state index in [2.05, 4.69) is 213 Å². The number of pyridine rings is 2. The van der Waals surface area contributed by atoms with E-state index in [0.717, 1.165) is 83.3 Å². The number of ether oxygens (including phenoxy) is 1. The molecule has 7 aromatic carbocycles. The number of hydrogen-bond acceptors (Lipinski definition) is 3. The van der Waals surface area contributed by atoms with Crippen molar-refractivity contribution in [2.24, 2.45) is 0 Å². The second-order valence-electron chi connectivity index (χ2n) is 18.8. The second kappa shape index (κ2) is 13.0. The molecule has 0 unspecified atom stereocenters. The van der Waals surface area contributed by atoms with Gasteiger partial charge >= 0.3 is 0 Å². The molecule has 5 aromatic heterocycles. The van der Waals surface area contributed by atoms with E-state index >= 15 is 0 Å². The lowest BCUT2D eigenvalue weighted by atomic mass is 9.86. The third kappa shape index (κ3) is 5.42. The van der Waals surface area contributed by atoms with Gasteiger partial charge in [0.1, 0.15) is 23.0 Å². The molecule has 0 N–H and O–H groups in total. The molecule has 0 spiro atoms. The third-order valence-corrected chi connectivity index (χ3v) is 12.8. The molecule has 0 amide bonds. The highest BCUT2D eigenvalue weighted by atomic mass is 16.5. The third-order valence-electron chi connectivity index (χ3n) is 12.8. The zero-order chi connectivity index (χ0) is 42.1. The summed E-state index contributed by atoms with van der Waals surface area (Å²) in [4.78, 5) is 10.3. The minimum Gasteiger partial charge on any atom is -0.457 e. The normalized spacial score (nSPS) is 12.7. The number of hydrogen-bond donors (Lipinski definition) is 0. The maximum Gasteiger partial charge on any atom is 0.146 e. The lowest BCUT2D eigenvalue weighted by molar-refractivity contribution is 0.484. The average Bonchev–Trinajstić information content (AvgIpc) is 3.94.